The van der Waals surface area contributed by atoms with Crippen molar-refractivity contribution in [2.45, 2.75) is 41.5 Å². The van der Waals surface area contributed by atoms with Gasteiger partial charge in [-0.25, -0.2) is 0 Å². The second-order valence-corrected chi connectivity index (χ2v) is 5.33. The molecule has 0 bridgehead atoms. The molecule has 0 atom stereocenters. The molecule has 0 fully saturated rings. The predicted molar refractivity (Wildman–Crippen MR) is 81.3 cm³/mol. The summed E-state index contributed by atoms with van der Waals surface area (Å²) >= 11 is 0. The third-order valence-electron chi connectivity index (χ3n) is 2.73. The molecule has 0 saturated carbocycles. The molecule has 0 saturated heterocycles. The van der Waals surface area contributed by atoms with Crippen LogP contribution in [0, 0.1) is 41.5 Å². The van der Waals surface area contributed by atoms with Crippen LogP contribution in [0.2, 0.25) is 0 Å². The molecular formula is C18H24Nb. The van der Waals surface area contributed by atoms with Crippen LogP contribution in [-0.2, 0) is 22.4 Å². The molecule has 0 aliphatic heterocycles. The van der Waals surface area contributed by atoms with Gasteiger partial charge in [0.2, 0.25) is 0 Å². The first-order valence-electron chi connectivity index (χ1n) is 6.46. The van der Waals surface area contributed by atoms with Crippen molar-refractivity contribution < 1.29 is 22.4 Å². The third kappa shape index (κ3) is 7.37. The molecule has 0 spiro atoms. The van der Waals surface area contributed by atoms with Crippen LogP contribution in [0.5, 0.6) is 0 Å². The van der Waals surface area contributed by atoms with Gasteiger partial charge in [0.25, 0.3) is 0 Å². The predicted octanol–water partition coefficient (Wildman–Crippen LogP) is 5.22. The van der Waals surface area contributed by atoms with Crippen LogP contribution < -0.4 is 0 Å². The van der Waals surface area contributed by atoms with Gasteiger partial charge >= 0.3 is 0 Å². The first kappa shape index (κ1) is 18.2. The Morgan fingerprint density at radius 2 is 0.474 bits per heavy atom. The van der Waals surface area contributed by atoms with E-state index in [4.69, 9.17) is 0 Å². The van der Waals surface area contributed by atoms with Crippen molar-refractivity contribution >= 4 is 0 Å². The van der Waals surface area contributed by atoms with E-state index in [-0.39, 0.29) is 22.4 Å². The zero-order valence-electron chi connectivity index (χ0n) is 12.9. The van der Waals surface area contributed by atoms with Crippen molar-refractivity contribution in [1.29, 1.82) is 0 Å². The van der Waals surface area contributed by atoms with Gasteiger partial charge in [0.15, 0.2) is 0 Å². The van der Waals surface area contributed by atoms with Crippen LogP contribution in [0.15, 0.2) is 36.4 Å². The van der Waals surface area contributed by atoms with Crippen LogP contribution in [0.1, 0.15) is 33.4 Å². The fourth-order valence-corrected chi connectivity index (χ4v) is 2.40. The van der Waals surface area contributed by atoms with Crippen molar-refractivity contribution in [2.24, 2.45) is 0 Å². The van der Waals surface area contributed by atoms with E-state index in [1.54, 1.807) is 0 Å². The molecule has 0 N–H and O–H groups in total. The maximum atomic E-state index is 2.19. The summed E-state index contributed by atoms with van der Waals surface area (Å²) in [7, 11) is 0. The van der Waals surface area contributed by atoms with E-state index in [1.165, 1.54) is 33.4 Å². The van der Waals surface area contributed by atoms with Gasteiger partial charge in [0, 0.05) is 22.4 Å². The molecule has 0 nitrogen and oxygen atoms in total. The second kappa shape index (κ2) is 8.37. The monoisotopic (exact) mass is 333 g/mol. The number of hydrogen-bond acceptors (Lipinski definition) is 0. The molecule has 2 aromatic carbocycles. The Bertz CT molecular complexity index is 377. The molecule has 1 heteroatoms. The molecule has 2 aromatic rings. The Kier molecular flexibility index (Phi) is 8.01. The molecule has 2 rings (SSSR count). The van der Waals surface area contributed by atoms with Gasteiger partial charge in [-0.2, -0.15) is 0 Å². The van der Waals surface area contributed by atoms with Gasteiger partial charge in [-0.3, -0.25) is 0 Å². The third-order valence-corrected chi connectivity index (χ3v) is 2.73. The number of hydrogen-bond donors (Lipinski definition) is 0. The summed E-state index contributed by atoms with van der Waals surface area (Å²) in [6.07, 6.45) is 0. The Labute approximate surface area is 133 Å². The SMILES string of the molecule is Cc1cc(C)cc(C)c1.Cc1cc(C)cc(C)c1.[Nb]. The molecular weight excluding hydrogens is 309 g/mol. The van der Waals surface area contributed by atoms with E-state index in [1.807, 2.05) is 0 Å². The Morgan fingerprint density at radius 1 is 0.368 bits per heavy atom. The number of benzene rings is 2. The topological polar surface area (TPSA) is 0 Å². The van der Waals surface area contributed by atoms with Gasteiger partial charge < -0.3 is 0 Å². The van der Waals surface area contributed by atoms with Gasteiger partial charge in [0.05, 0.1) is 0 Å². The molecule has 0 aliphatic rings. The van der Waals surface area contributed by atoms with Gasteiger partial charge in [-0.1, -0.05) is 69.8 Å². The summed E-state index contributed by atoms with van der Waals surface area (Å²) in [6, 6.07) is 13.1. The minimum Gasteiger partial charge on any atom is -0.0564 e. The molecule has 19 heavy (non-hydrogen) atoms. The van der Waals surface area contributed by atoms with E-state index in [0.29, 0.717) is 0 Å². The van der Waals surface area contributed by atoms with E-state index >= 15 is 0 Å². The normalized spacial score (nSPS) is 9.16. The van der Waals surface area contributed by atoms with E-state index in [9.17, 15) is 0 Å². The molecule has 0 unspecified atom stereocenters. The number of rotatable bonds is 0. The maximum Gasteiger partial charge on any atom is 0 e. The van der Waals surface area contributed by atoms with Crippen molar-refractivity contribution in [3.63, 3.8) is 0 Å². The largest absolute Gasteiger partial charge is 0.0564 e. The van der Waals surface area contributed by atoms with Crippen molar-refractivity contribution in [1.82, 2.24) is 0 Å². The zero-order valence-corrected chi connectivity index (χ0v) is 15.1. The average molecular weight is 333 g/mol. The van der Waals surface area contributed by atoms with Crippen molar-refractivity contribution in [3.8, 4) is 0 Å². The molecule has 0 aliphatic carbocycles. The number of aryl methyl sites for hydroxylation is 6. The molecule has 0 aromatic heterocycles. The molecule has 101 valence electrons. The van der Waals surface area contributed by atoms with Gasteiger partial charge in [0.1, 0.15) is 0 Å². The molecule has 0 amide bonds. The molecule has 1 radical (unpaired) electrons. The smallest absolute Gasteiger partial charge is 0 e. The van der Waals surface area contributed by atoms with Crippen LogP contribution in [0.25, 0.3) is 0 Å². The van der Waals surface area contributed by atoms with E-state index < -0.39 is 0 Å². The zero-order chi connectivity index (χ0) is 13.7. The maximum absolute atomic E-state index is 2.19. The second-order valence-electron chi connectivity index (χ2n) is 5.33. The van der Waals surface area contributed by atoms with Crippen molar-refractivity contribution in [2.75, 3.05) is 0 Å². The summed E-state index contributed by atoms with van der Waals surface area (Å²) in [4.78, 5) is 0. The Balaban J connectivity index is 0.000000324. The Morgan fingerprint density at radius 3 is 0.579 bits per heavy atom. The standard InChI is InChI=1S/2C9H12.Nb/c2*1-7-4-8(2)6-9(3)5-7;/h2*4-6H,1-3H3;. The molecule has 0 heterocycles. The van der Waals surface area contributed by atoms with Crippen LogP contribution in [0.4, 0.5) is 0 Å². The summed E-state index contributed by atoms with van der Waals surface area (Å²) < 4.78 is 0. The minimum atomic E-state index is 0. The van der Waals surface area contributed by atoms with Crippen molar-refractivity contribution in [3.05, 3.63) is 69.8 Å². The van der Waals surface area contributed by atoms with Crippen LogP contribution >= 0.6 is 0 Å². The fraction of sp³-hybridized carbons (Fsp3) is 0.333. The van der Waals surface area contributed by atoms with E-state index in [0.717, 1.165) is 0 Å². The first-order chi connectivity index (χ1) is 8.36. The van der Waals surface area contributed by atoms with E-state index in [2.05, 4.69) is 77.9 Å². The summed E-state index contributed by atoms with van der Waals surface area (Å²) in [6.45, 7) is 12.8. The fourth-order valence-electron chi connectivity index (χ4n) is 2.40. The van der Waals surface area contributed by atoms with Crippen LogP contribution in [0.3, 0.4) is 0 Å². The van der Waals surface area contributed by atoms with Gasteiger partial charge in [-0.05, 0) is 41.5 Å². The quantitative estimate of drug-likeness (QED) is 0.580. The van der Waals surface area contributed by atoms with Crippen LogP contribution in [-0.4, -0.2) is 0 Å². The minimum absolute atomic E-state index is 0. The summed E-state index contributed by atoms with van der Waals surface area (Å²) in [5, 5.41) is 0. The summed E-state index contributed by atoms with van der Waals surface area (Å²) in [5.41, 5.74) is 8.13. The van der Waals surface area contributed by atoms with Gasteiger partial charge in [-0.15, -0.1) is 0 Å². The first-order valence-corrected chi connectivity index (χ1v) is 6.46. The average Bonchev–Trinajstić information content (AvgIpc) is 2.12. The Hall–Kier alpha value is -0.820. The summed E-state index contributed by atoms with van der Waals surface area (Å²) in [5.74, 6) is 0.